The minimum absolute atomic E-state index is 0.141. The van der Waals surface area contributed by atoms with E-state index in [0.717, 1.165) is 42.3 Å². The van der Waals surface area contributed by atoms with Gasteiger partial charge in [-0.2, -0.15) is 13.2 Å². The van der Waals surface area contributed by atoms with Crippen LogP contribution in [0.1, 0.15) is 50.4 Å². The number of nitrogens with zero attached hydrogens (tertiary/aromatic N) is 1. The van der Waals surface area contributed by atoms with Crippen molar-refractivity contribution >= 4 is 28.2 Å². The van der Waals surface area contributed by atoms with Crippen LogP contribution < -0.4 is 15.4 Å². The number of rotatable bonds is 9. The molecule has 7 nitrogen and oxygen atoms in total. The lowest BCUT2D eigenvalue weighted by molar-refractivity contribution is -0.154. The zero-order valence-electron chi connectivity index (χ0n) is 17.5. The number of carbonyl (C=O) groups excluding carboxylic acids is 2. The lowest BCUT2D eigenvalue weighted by atomic mass is 9.95. The molecule has 0 atom stereocenters. The molecule has 3 rings (SSSR count). The summed E-state index contributed by atoms with van der Waals surface area (Å²) < 4.78 is 46.3. The molecule has 0 saturated heterocycles. The van der Waals surface area contributed by atoms with E-state index in [1.165, 1.54) is 23.5 Å². The second-order valence-electron chi connectivity index (χ2n) is 7.26. The third-order valence-electron chi connectivity index (χ3n) is 4.82. The third kappa shape index (κ3) is 6.42. The maximum atomic E-state index is 12.9. The summed E-state index contributed by atoms with van der Waals surface area (Å²) in [7, 11) is 1.59. The van der Waals surface area contributed by atoms with Crippen molar-refractivity contribution < 1.29 is 32.2 Å². The molecule has 2 aromatic rings. The van der Waals surface area contributed by atoms with Gasteiger partial charge in [-0.05, 0) is 43.7 Å². The largest absolute Gasteiger partial charge is 0.468 e. The average molecular weight is 472 g/mol. The van der Waals surface area contributed by atoms with E-state index in [9.17, 15) is 22.8 Å². The van der Waals surface area contributed by atoms with Crippen molar-refractivity contribution in [3.8, 4) is 5.88 Å². The highest BCUT2D eigenvalue weighted by atomic mass is 32.1. The number of methoxy groups -OCH3 is 1. The molecule has 2 amide bonds. The van der Waals surface area contributed by atoms with Crippen LogP contribution in [0.4, 0.5) is 18.2 Å². The van der Waals surface area contributed by atoms with Crippen LogP contribution >= 0.6 is 11.3 Å². The van der Waals surface area contributed by atoms with Gasteiger partial charge in [-0.3, -0.25) is 9.59 Å². The van der Waals surface area contributed by atoms with E-state index in [0.29, 0.717) is 30.1 Å². The van der Waals surface area contributed by atoms with E-state index in [2.05, 4.69) is 20.4 Å². The molecule has 2 N–H and O–H groups in total. The van der Waals surface area contributed by atoms with E-state index in [-0.39, 0.29) is 17.4 Å². The van der Waals surface area contributed by atoms with Crippen LogP contribution in [0.25, 0.3) is 0 Å². The quantitative estimate of drug-likeness (QED) is 0.540. The zero-order chi connectivity index (χ0) is 23.1. The van der Waals surface area contributed by atoms with Crippen LogP contribution in [0.15, 0.2) is 18.3 Å². The summed E-state index contributed by atoms with van der Waals surface area (Å²) in [5.74, 6) is -0.988. The van der Waals surface area contributed by atoms with Gasteiger partial charge in [0.05, 0.1) is 11.1 Å². The van der Waals surface area contributed by atoms with Gasteiger partial charge in [-0.25, -0.2) is 4.98 Å². The smallest absolute Gasteiger partial charge is 0.422 e. The summed E-state index contributed by atoms with van der Waals surface area (Å²) in [6.45, 7) is -0.482. The first-order chi connectivity index (χ1) is 15.3. The molecular weight excluding hydrogens is 447 g/mol. The van der Waals surface area contributed by atoms with Gasteiger partial charge in [0.15, 0.2) is 6.61 Å². The zero-order valence-corrected chi connectivity index (χ0v) is 18.3. The van der Waals surface area contributed by atoms with Crippen molar-refractivity contribution in [1.29, 1.82) is 0 Å². The monoisotopic (exact) mass is 471 g/mol. The molecule has 174 valence electrons. The number of nitrogens with one attached hydrogen (secondary N) is 2. The second-order valence-corrected chi connectivity index (χ2v) is 8.37. The Hall–Kier alpha value is -2.66. The Morgan fingerprint density at radius 2 is 1.97 bits per heavy atom. The van der Waals surface area contributed by atoms with Crippen LogP contribution in [-0.4, -0.2) is 49.8 Å². The predicted molar refractivity (Wildman–Crippen MR) is 114 cm³/mol. The van der Waals surface area contributed by atoms with E-state index in [1.807, 2.05) is 0 Å². The lowest BCUT2D eigenvalue weighted by Crippen LogP contribution is -2.27. The van der Waals surface area contributed by atoms with Crippen molar-refractivity contribution in [2.24, 2.45) is 0 Å². The summed E-state index contributed by atoms with van der Waals surface area (Å²) in [5.41, 5.74) is 1.59. The summed E-state index contributed by atoms with van der Waals surface area (Å²) in [6, 6.07) is 2.52. The number of hydrogen-bond acceptors (Lipinski definition) is 6. The Labute approximate surface area is 187 Å². The van der Waals surface area contributed by atoms with Crippen molar-refractivity contribution in [3.63, 3.8) is 0 Å². The molecule has 2 aromatic heterocycles. The van der Waals surface area contributed by atoms with Gasteiger partial charge in [-0.1, -0.05) is 0 Å². The van der Waals surface area contributed by atoms with Gasteiger partial charge in [0.2, 0.25) is 5.88 Å². The summed E-state index contributed by atoms with van der Waals surface area (Å²) in [4.78, 5) is 30.4. The number of ether oxygens (including phenoxy) is 2. The molecule has 11 heteroatoms. The van der Waals surface area contributed by atoms with Crippen LogP contribution in [0.5, 0.6) is 5.88 Å². The molecule has 0 spiro atoms. The van der Waals surface area contributed by atoms with Crippen LogP contribution in [0.3, 0.4) is 0 Å². The molecule has 0 unspecified atom stereocenters. The number of anilines is 1. The highest BCUT2D eigenvalue weighted by Crippen LogP contribution is 2.38. The average Bonchev–Trinajstić information content (AvgIpc) is 3.13. The second kappa shape index (κ2) is 10.8. The first-order valence-electron chi connectivity index (χ1n) is 10.2. The van der Waals surface area contributed by atoms with Gasteiger partial charge >= 0.3 is 6.18 Å². The fourth-order valence-corrected chi connectivity index (χ4v) is 4.61. The Bertz CT molecular complexity index is 945. The number of aryl methyl sites for hydroxylation is 1. The van der Waals surface area contributed by atoms with Crippen LogP contribution in [0, 0.1) is 0 Å². The van der Waals surface area contributed by atoms with E-state index in [4.69, 9.17) is 4.74 Å². The lowest BCUT2D eigenvalue weighted by Gasteiger charge is -2.13. The summed E-state index contributed by atoms with van der Waals surface area (Å²) >= 11 is 1.38. The van der Waals surface area contributed by atoms with Gasteiger partial charge in [-0.15, -0.1) is 11.3 Å². The molecule has 0 aromatic carbocycles. The molecule has 2 heterocycles. The normalized spacial score (nSPS) is 13.4. The van der Waals surface area contributed by atoms with Gasteiger partial charge in [0.25, 0.3) is 11.8 Å². The standard InChI is InChI=1S/C21H24F3N3O4S/c1-30-10-4-9-25-19(29)17-14-5-2-3-6-15(14)32-20(17)27-18(28)13-7-8-16(26-11-13)31-12-21(22,23)24/h7-8,11H,2-6,9-10,12H2,1H3,(H,25,29)(H,27,28). The minimum Gasteiger partial charge on any atom is -0.468 e. The Morgan fingerprint density at radius 1 is 1.19 bits per heavy atom. The number of amides is 2. The molecule has 0 bridgehead atoms. The first-order valence-corrected chi connectivity index (χ1v) is 11.0. The molecular formula is C21H24F3N3O4S. The molecule has 1 aliphatic rings. The summed E-state index contributed by atoms with van der Waals surface area (Å²) in [5, 5.41) is 6.11. The fourth-order valence-electron chi connectivity index (χ4n) is 3.33. The Kier molecular flexibility index (Phi) is 8.08. The topological polar surface area (TPSA) is 89.6 Å². The molecule has 32 heavy (non-hydrogen) atoms. The van der Waals surface area contributed by atoms with Crippen LogP contribution in [-0.2, 0) is 17.6 Å². The number of pyridine rings is 1. The fraction of sp³-hybridized carbons (Fsp3) is 0.476. The van der Waals surface area contributed by atoms with Gasteiger partial charge in [0, 0.05) is 37.4 Å². The molecule has 0 fully saturated rings. The number of carbonyl (C=O) groups is 2. The predicted octanol–water partition coefficient (Wildman–Crippen LogP) is 3.98. The Morgan fingerprint density at radius 3 is 2.66 bits per heavy atom. The van der Waals surface area contributed by atoms with E-state index < -0.39 is 18.7 Å². The summed E-state index contributed by atoms with van der Waals surface area (Å²) in [6.07, 6.45) is 0.964. The maximum Gasteiger partial charge on any atom is 0.422 e. The van der Waals surface area contributed by atoms with Crippen molar-refractivity contribution in [3.05, 3.63) is 39.9 Å². The number of thiophene rings is 1. The highest BCUT2D eigenvalue weighted by Gasteiger charge is 2.29. The van der Waals surface area contributed by atoms with E-state index in [1.54, 1.807) is 7.11 Å². The number of halogens is 3. The number of aromatic nitrogens is 1. The van der Waals surface area contributed by atoms with Crippen molar-refractivity contribution in [2.75, 3.05) is 32.2 Å². The SMILES string of the molecule is COCCCNC(=O)c1c(NC(=O)c2ccc(OCC(F)(F)F)nc2)sc2c1CCCC2. The first kappa shape index (κ1) is 24.0. The van der Waals surface area contributed by atoms with Crippen LogP contribution in [0.2, 0.25) is 0 Å². The third-order valence-corrected chi connectivity index (χ3v) is 6.03. The van der Waals surface area contributed by atoms with Crippen molar-refractivity contribution in [2.45, 2.75) is 38.3 Å². The highest BCUT2D eigenvalue weighted by molar-refractivity contribution is 7.17. The Balaban J connectivity index is 1.72. The number of hydrogen-bond donors (Lipinski definition) is 2. The molecule has 0 aliphatic heterocycles. The van der Waals surface area contributed by atoms with Gasteiger partial charge < -0.3 is 20.1 Å². The van der Waals surface area contributed by atoms with E-state index >= 15 is 0 Å². The van der Waals surface area contributed by atoms with Gasteiger partial charge in [0.1, 0.15) is 5.00 Å². The number of fused-ring (bicyclic) bond motifs is 1. The van der Waals surface area contributed by atoms with Crippen molar-refractivity contribution in [1.82, 2.24) is 10.3 Å². The number of alkyl halides is 3. The molecule has 1 aliphatic carbocycles. The molecule has 0 radical (unpaired) electrons. The molecule has 0 saturated carbocycles. The minimum atomic E-state index is -4.48. The maximum absolute atomic E-state index is 12.9.